The van der Waals surface area contributed by atoms with Crippen LogP contribution < -0.4 is 4.74 Å². The fraction of sp³-hybridized carbons (Fsp3) is 0.700. The van der Waals surface area contributed by atoms with Gasteiger partial charge in [0.1, 0.15) is 5.75 Å². The molecule has 0 amide bonds. The molecular weight excluding hydrogens is 328 g/mol. The molecule has 25 heavy (non-hydrogen) atoms. The Hall–Kier alpha value is -1.20. The van der Waals surface area contributed by atoms with Crippen LogP contribution >= 0.6 is 0 Å². The number of hydrogen-bond acceptors (Lipinski definition) is 4. The van der Waals surface area contributed by atoms with Crippen molar-refractivity contribution in [1.82, 2.24) is 0 Å². The van der Waals surface area contributed by atoms with Gasteiger partial charge >= 0.3 is 0 Å². The molecule has 0 saturated carbocycles. The SMILES string of the molecule is CCCC(Oc1ccc(C2N=N2)cc1)O[Si](C(C)C)(C(C)C)C(C)C. The molecule has 0 aliphatic carbocycles. The first kappa shape index (κ1) is 20.1. The van der Waals surface area contributed by atoms with Crippen LogP contribution in [-0.2, 0) is 4.43 Å². The fourth-order valence-electron chi connectivity index (χ4n) is 4.05. The molecule has 1 heterocycles. The zero-order chi connectivity index (χ0) is 18.6. The van der Waals surface area contributed by atoms with E-state index in [1.165, 1.54) is 0 Å². The van der Waals surface area contributed by atoms with Crippen molar-refractivity contribution in [2.24, 2.45) is 10.2 Å². The number of ether oxygens (including phenoxy) is 1. The topological polar surface area (TPSA) is 43.2 Å². The summed E-state index contributed by atoms with van der Waals surface area (Å²) in [5, 5.41) is 7.93. The third kappa shape index (κ3) is 4.70. The van der Waals surface area contributed by atoms with E-state index in [2.05, 4.69) is 58.7 Å². The van der Waals surface area contributed by atoms with Gasteiger partial charge in [0, 0.05) is 12.0 Å². The van der Waals surface area contributed by atoms with Crippen LogP contribution in [-0.4, -0.2) is 14.6 Å². The van der Waals surface area contributed by atoms with Gasteiger partial charge in [-0.25, -0.2) is 0 Å². The van der Waals surface area contributed by atoms with Gasteiger partial charge in [-0.15, -0.1) is 0 Å². The zero-order valence-electron chi connectivity index (χ0n) is 16.8. The van der Waals surface area contributed by atoms with Gasteiger partial charge in [-0.3, -0.25) is 0 Å². The molecule has 0 saturated heterocycles. The monoisotopic (exact) mass is 362 g/mol. The average Bonchev–Trinajstić information content (AvgIpc) is 3.37. The molecular formula is C20H34N2O2Si. The molecule has 1 unspecified atom stereocenters. The summed E-state index contributed by atoms with van der Waals surface area (Å²) >= 11 is 0. The first-order valence-electron chi connectivity index (χ1n) is 9.65. The van der Waals surface area contributed by atoms with Crippen LogP contribution in [0.2, 0.25) is 16.6 Å². The lowest BCUT2D eigenvalue weighted by Crippen LogP contribution is -2.51. The Bertz CT molecular complexity index is 542. The van der Waals surface area contributed by atoms with Crippen molar-refractivity contribution in [3.63, 3.8) is 0 Å². The van der Waals surface area contributed by atoms with Crippen LogP contribution in [0.4, 0.5) is 0 Å². The molecule has 1 aliphatic rings. The van der Waals surface area contributed by atoms with Crippen molar-refractivity contribution in [2.75, 3.05) is 0 Å². The van der Waals surface area contributed by atoms with Crippen molar-refractivity contribution >= 4 is 8.32 Å². The highest BCUT2D eigenvalue weighted by molar-refractivity contribution is 6.77. The predicted molar refractivity (Wildman–Crippen MR) is 105 cm³/mol. The maximum absolute atomic E-state index is 6.84. The van der Waals surface area contributed by atoms with E-state index in [4.69, 9.17) is 9.16 Å². The van der Waals surface area contributed by atoms with Crippen LogP contribution in [0.25, 0.3) is 0 Å². The highest BCUT2D eigenvalue weighted by atomic mass is 28.4. The molecule has 1 atom stereocenters. The predicted octanol–water partition coefficient (Wildman–Crippen LogP) is 6.85. The molecule has 1 aliphatic heterocycles. The van der Waals surface area contributed by atoms with Gasteiger partial charge < -0.3 is 9.16 Å². The molecule has 4 nitrogen and oxygen atoms in total. The average molecular weight is 363 g/mol. The van der Waals surface area contributed by atoms with E-state index in [0.29, 0.717) is 16.6 Å². The Labute approximate surface area is 154 Å². The lowest BCUT2D eigenvalue weighted by molar-refractivity contribution is -0.0152. The summed E-state index contributed by atoms with van der Waals surface area (Å²) in [5.74, 6) is 0.863. The van der Waals surface area contributed by atoms with Crippen LogP contribution in [0.5, 0.6) is 5.75 Å². The highest BCUT2D eigenvalue weighted by Crippen LogP contribution is 2.43. The molecule has 140 valence electrons. The van der Waals surface area contributed by atoms with Gasteiger partial charge in [0.05, 0.1) is 0 Å². The largest absolute Gasteiger partial charge is 0.466 e. The van der Waals surface area contributed by atoms with Crippen molar-refractivity contribution in [2.45, 2.75) is 90.4 Å². The van der Waals surface area contributed by atoms with E-state index >= 15 is 0 Å². The lowest BCUT2D eigenvalue weighted by atomic mass is 10.2. The van der Waals surface area contributed by atoms with Gasteiger partial charge in [-0.2, -0.15) is 10.2 Å². The smallest absolute Gasteiger partial charge is 0.206 e. The molecule has 0 fully saturated rings. The summed E-state index contributed by atoms with van der Waals surface area (Å²) in [6.07, 6.45) is 1.82. The number of benzene rings is 1. The van der Waals surface area contributed by atoms with E-state index < -0.39 is 8.32 Å². The minimum Gasteiger partial charge on any atom is -0.466 e. The Morgan fingerprint density at radius 3 is 1.84 bits per heavy atom. The maximum Gasteiger partial charge on any atom is 0.206 e. The van der Waals surface area contributed by atoms with Crippen LogP contribution in [0.1, 0.15) is 73.0 Å². The van der Waals surface area contributed by atoms with Crippen molar-refractivity contribution in [3.05, 3.63) is 29.8 Å². The highest BCUT2D eigenvalue weighted by Gasteiger charge is 2.47. The first-order valence-corrected chi connectivity index (χ1v) is 11.8. The van der Waals surface area contributed by atoms with Crippen LogP contribution in [0.3, 0.4) is 0 Å². The summed E-state index contributed by atoms with van der Waals surface area (Å²) in [6, 6.07) is 8.10. The molecule has 1 aromatic carbocycles. The van der Waals surface area contributed by atoms with Crippen molar-refractivity contribution < 1.29 is 9.16 Å². The Kier molecular flexibility index (Phi) is 6.80. The second-order valence-corrected chi connectivity index (χ2v) is 13.4. The quantitative estimate of drug-likeness (QED) is 0.337. The first-order chi connectivity index (χ1) is 11.8. The van der Waals surface area contributed by atoms with Gasteiger partial charge in [-0.05, 0) is 28.8 Å². The Morgan fingerprint density at radius 1 is 0.920 bits per heavy atom. The Morgan fingerprint density at radius 2 is 1.44 bits per heavy atom. The van der Waals surface area contributed by atoms with E-state index in [1.807, 2.05) is 24.3 Å². The van der Waals surface area contributed by atoms with Crippen LogP contribution in [0.15, 0.2) is 34.5 Å². The van der Waals surface area contributed by atoms with E-state index in [9.17, 15) is 0 Å². The normalized spacial score (nSPS) is 16.1. The third-order valence-electron chi connectivity index (χ3n) is 5.24. The Balaban J connectivity index is 2.14. The van der Waals surface area contributed by atoms with E-state index in [-0.39, 0.29) is 12.5 Å². The molecule has 5 heteroatoms. The summed E-state index contributed by atoms with van der Waals surface area (Å²) in [7, 11) is -1.96. The second kappa shape index (κ2) is 8.45. The molecule has 0 aromatic heterocycles. The number of nitrogens with zero attached hydrogens (tertiary/aromatic N) is 2. The van der Waals surface area contributed by atoms with Gasteiger partial charge in [-0.1, -0.05) is 67.0 Å². The van der Waals surface area contributed by atoms with Gasteiger partial charge in [0.25, 0.3) is 0 Å². The standard InChI is InChI=1S/C20H34N2O2Si/c1-8-9-19(24-25(14(2)3,15(4)5)16(6)7)23-18-12-10-17(11-13-18)20-21-22-20/h10-16,19-20H,8-9H2,1-7H3. The minimum absolute atomic E-state index is 0.0413. The molecule has 0 radical (unpaired) electrons. The van der Waals surface area contributed by atoms with Crippen molar-refractivity contribution in [3.8, 4) is 5.75 Å². The van der Waals surface area contributed by atoms with E-state index in [1.54, 1.807) is 0 Å². The van der Waals surface area contributed by atoms with E-state index in [0.717, 1.165) is 24.2 Å². The summed E-state index contributed by atoms with van der Waals surface area (Å²) in [6.45, 7) is 16.1. The molecule has 0 spiro atoms. The number of rotatable bonds is 10. The van der Waals surface area contributed by atoms with Gasteiger partial charge in [0.2, 0.25) is 14.5 Å². The second-order valence-electron chi connectivity index (χ2n) is 7.95. The van der Waals surface area contributed by atoms with Crippen molar-refractivity contribution in [1.29, 1.82) is 0 Å². The summed E-state index contributed by atoms with van der Waals surface area (Å²) in [5.41, 5.74) is 2.78. The molecule has 0 N–H and O–H groups in total. The maximum atomic E-state index is 6.84. The molecule has 2 rings (SSSR count). The summed E-state index contributed by atoms with van der Waals surface area (Å²) in [4.78, 5) is 0. The zero-order valence-corrected chi connectivity index (χ0v) is 17.8. The molecule has 0 bridgehead atoms. The van der Waals surface area contributed by atoms with Gasteiger partial charge in [0.15, 0.2) is 6.29 Å². The fourth-order valence-corrected chi connectivity index (χ4v) is 9.49. The van der Waals surface area contributed by atoms with Crippen LogP contribution in [0, 0.1) is 0 Å². The molecule has 1 aromatic rings. The lowest BCUT2D eigenvalue weighted by Gasteiger charge is -2.44. The summed E-state index contributed by atoms with van der Waals surface area (Å²) < 4.78 is 13.1. The number of hydrogen-bond donors (Lipinski definition) is 0. The minimum atomic E-state index is -1.96. The third-order valence-corrected chi connectivity index (χ3v) is 11.3.